The third-order valence-electron chi connectivity index (χ3n) is 4.04. The molecular weight excluding hydrogens is 400 g/mol. The normalized spacial score (nSPS) is 15.4. The smallest absolute Gasteiger partial charge is 0.346 e. The first-order chi connectivity index (χ1) is 12.4. The SMILES string of the molecule is COC(=O)C(C)Oc1ccc2c(c1C)O/C(=C\c1ccc(Br)cc1)C2=O. The number of ketones is 1. The highest BCUT2D eigenvalue weighted by Gasteiger charge is 2.30. The number of rotatable bonds is 4. The number of hydrogen-bond donors (Lipinski definition) is 0. The minimum absolute atomic E-state index is 0.182. The molecule has 3 rings (SSSR count). The van der Waals surface area contributed by atoms with Crippen LogP contribution < -0.4 is 9.47 Å². The molecule has 0 aliphatic carbocycles. The summed E-state index contributed by atoms with van der Waals surface area (Å²) in [4.78, 5) is 24.1. The van der Waals surface area contributed by atoms with Crippen LogP contribution in [0.25, 0.3) is 6.08 Å². The highest BCUT2D eigenvalue weighted by Crippen LogP contribution is 2.39. The van der Waals surface area contributed by atoms with E-state index in [1.807, 2.05) is 24.3 Å². The maximum atomic E-state index is 12.6. The Morgan fingerprint density at radius 3 is 2.54 bits per heavy atom. The number of carbonyl (C=O) groups excluding carboxylic acids is 2. The molecule has 2 aromatic rings. The zero-order valence-electron chi connectivity index (χ0n) is 14.5. The van der Waals surface area contributed by atoms with Crippen LogP contribution in [-0.2, 0) is 9.53 Å². The fourth-order valence-electron chi connectivity index (χ4n) is 2.61. The maximum Gasteiger partial charge on any atom is 0.346 e. The van der Waals surface area contributed by atoms with E-state index in [-0.39, 0.29) is 11.5 Å². The molecule has 1 aliphatic rings. The predicted molar refractivity (Wildman–Crippen MR) is 100 cm³/mol. The van der Waals surface area contributed by atoms with Gasteiger partial charge < -0.3 is 14.2 Å². The molecule has 134 valence electrons. The van der Waals surface area contributed by atoms with E-state index in [9.17, 15) is 9.59 Å². The van der Waals surface area contributed by atoms with Gasteiger partial charge in [-0.1, -0.05) is 28.1 Å². The molecule has 2 aromatic carbocycles. The van der Waals surface area contributed by atoms with Crippen LogP contribution in [0.3, 0.4) is 0 Å². The van der Waals surface area contributed by atoms with Crippen LogP contribution in [0.5, 0.6) is 11.5 Å². The van der Waals surface area contributed by atoms with Crippen molar-refractivity contribution in [3.63, 3.8) is 0 Å². The zero-order chi connectivity index (χ0) is 18.8. The monoisotopic (exact) mass is 416 g/mol. The first kappa shape index (κ1) is 18.2. The van der Waals surface area contributed by atoms with E-state index < -0.39 is 12.1 Å². The topological polar surface area (TPSA) is 61.8 Å². The number of carbonyl (C=O) groups is 2. The third kappa shape index (κ3) is 3.51. The molecule has 0 aromatic heterocycles. The third-order valence-corrected chi connectivity index (χ3v) is 4.57. The summed E-state index contributed by atoms with van der Waals surface area (Å²) in [5.74, 6) is 0.521. The van der Waals surface area contributed by atoms with Crippen molar-refractivity contribution in [1.29, 1.82) is 0 Å². The molecule has 26 heavy (non-hydrogen) atoms. The van der Waals surface area contributed by atoms with Gasteiger partial charge in [0.15, 0.2) is 11.9 Å². The molecule has 6 heteroatoms. The molecule has 0 saturated heterocycles. The van der Waals surface area contributed by atoms with Crippen LogP contribution in [0.2, 0.25) is 0 Å². The summed E-state index contributed by atoms with van der Waals surface area (Å²) in [5, 5.41) is 0. The van der Waals surface area contributed by atoms with Crippen molar-refractivity contribution in [2.24, 2.45) is 0 Å². The average Bonchev–Trinajstić information content (AvgIpc) is 2.95. The second-order valence-electron chi connectivity index (χ2n) is 5.84. The fraction of sp³-hybridized carbons (Fsp3) is 0.200. The average molecular weight is 417 g/mol. The minimum atomic E-state index is -0.758. The molecule has 1 heterocycles. The number of hydrogen-bond acceptors (Lipinski definition) is 5. The van der Waals surface area contributed by atoms with Gasteiger partial charge in [-0.25, -0.2) is 4.79 Å². The number of ether oxygens (including phenoxy) is 3. The van der Waals surface area contributed by atoms with Gasteiger partial charge in [0.05, 0.1) is 12.7 Å². The van der Waals surface area contributed by atoms with Gasteiger partial charge in [0.1, 0.15) is 11.5 Å². The number of methoxy groups -OCH3 is 1. The van der Waals surface area contributed by atoms with Crippen LogP contribution in [0.15, 0.2) is 46.6 Å². The minimum Gasteiger partial charge on any atom is -0.479 e. The summed E-state index contributed by atoms with van der Waals surface area (Å²) in [6, 6.07) is 10.9. The Hall–Kier alpha value is -2.60. The number of benzene rings is 2. The van der Waals surface area contributed by atoms with E-state index in [4.69, 9.17) is 9.47 Å². The Labute approximate surface area is 159 Å². The number of Topliss-reactive ketones (excluding diaryl/α,β-unsaturated/α-hetero) is 1. The molecule has 5 nitrogen and oxygen atoms in total. The van der Waals surface area contributed by atoms with Crippen LogP contribution in [0, 0.1) is 6.92 Å². The van der Waals surface area contributed by atoms with Gasteiger partial charge in [0, 0.05) is 10.0 Å². The first-order valence-electron chi connectivity index (χ1n) is 7.98. The van der Waals surface area contributed by atoms with Gasteiger partial charge in [-0.2, -0.15) is 0 Å². The molecule has 1 aliphatic heterocycles. The van der Waals surface area contributed by atoms with E-state index in [0.717, 1.165) is 10.0 Å². The molecule has 0 N–H and O–H groups in total. The second kappa shape index (κ2) is 7.33. The Morgan fingerprint density at radius 1 is 1.19 bits per heavy atom. The van der Waals surface area contributed by atoms with E-state index in [0.29, 0.717) is 22.6 Å². The molecule has 0 spiro atoms. The van der Waals surface area contributed by atoms with Crippen molar-refractivity contribution in [3.8, 4) is 11.5 Å². The summed E-state index contributed by atoms with van der Waals surface area (Å²) >= 11 is 3.38. The molecule has 0 bridgehead atoms. The van der Waals surface area contributed by atoms with Crippen molar-refractivity contribution < 1.29 is 23.8 Å². The summed E-state index contributed by atoms with van der Waals surface area (Å²) in [6.07, 6.45) is 0.942. The van der Waals surface area contributed by atoms with Gasteiger partial charge in [-0.3, -0.25) is 4.79 Å². The van der Waals surface area contributed by atoms with Crippen molar-refractivity contribution in [3.05, 3.63) is 63.3 Å². The van der Waals surface area contributed by atoms with Crippen LogP contribution >= 0.6 is 15.9 Å². The summed E-state index contributed by atoms with van der Waals surface area (Å²) < 4.78 is 17.1. The van der Waals surface area contributed by atoms with E-state index >= 15 is 0 Å². The van der Waals surface area contributed by atoms with Gasteiger partial charge in [0.2, 0.25) is 5.78 Å². The van der Waals surface area contributed by atoms with Crippen molar-refractivity contribution in [1.82, 2.24) is 0 Å². The predicted octanol–water partition coefficient (Wildman–Crippen LogP) is 4.31. The van der Waals surface area contributed by atoms with Crippen LogP contribution in [0.4, 0.5) is 0 Å². The van der Waals surface area contributed by atoms with E-state index in [1.165, 1.54) is 7.11 Å². The molecule has 0 saturated carbocycles. The second-order valence-corrected chi connectivity index (χ2v) is 6.76. The first-order valence-corrected chi connectivity index (χ1v) is 8.78. The Morgan fingerprint density at radius 2 is 1.88 bits per heavy atom. The zero-order valence-corrected chi connectivity index (χ0v) is 16.1. The lowest BCUT2D eigenvalue weighted by Crippen LogP contribution is -2.25. The molecular formula is C20H17BrO5. The largest absolute Gasteiger partial charge is 0.479 e. The molecule has 1 atom stereocenters. The van der Waals surface area contributed by atoms with Crippen molar-refractivity contribution in [2.45, 2.75) is 20.0 Å². The maximum absolute atomic E-state index is 12.6. The van der Waals surface area contributed by atoms with Crippen LogP contribution in [-0.4, -0.2) is 25.0 Å². The highest BCUT2D eigenvalue weighted by molar-refractivity contribution is 9.10. The van der Waals surface area contributed by atoms with E-state index in [2.05, 4.69) is 20.7 Å². The lowest BCUT2D eigenvalue weighted by atomic mass is 10.1. The Kier molecular flexibility index (Phi) is 5.13. The van der Waals surface area contributed by atoms with Crippen molar-refractivity contribution in [2.75, 3.05) is 7.11 Å². The standard InChI is InChI=1S/C20H17BrO5/c1-11-16(25-12(2)20(23)24-3)9-8-15-18(22)17(26-19(11)15)10-13-4-6-14(21)7-5-13/h4-10,12H,1-3H3/b17-10-. The summed E-state index contributed by atoms with van der Waals surface area (Å²) in [7, 11) is 1.30. The molecule has 0 radical (unpaired) electrons. The highest BCUT2D eigenvalue weighted by atomic mass is 79.9. The Balaban J connectivity index is 1.89. The number of fused-ring (bicyclic) bond motifs is 1. The lowest BCUT2D eigenvalue weighted by Gasteiger charge is -2.15. The lowest BCUT2D eigenvalue weighted by molar-refractivity contribution is -0.147. The van der Waals surface area contributed by atoms with Gasteiger partial charge in [-0.05, 0) is 49.8 Å². The van der Waals surface area contributed by atoms with Crippen LogP contribution in [0.1, 0.15) is 28.4 Å². The number of halogens is 1. The fourth-order valence-corrected chi connectivity index (χ4v) is 2.87. The summed E-state index contributed by atoms with van der Waals surface area (Å²) in [5.41, 5.74) is 1.99. The van der Waals surface area contributed by atoms with Gasteiger partial charge in [-0.15, -0.1) is 0 Å². The van der Waals surface area contributed by atoms with E-state index in [1.54, 1.807) is 32.1 Å². The number of allylic oxidation sites excluding steroid dienone is 1. The quantitative estimate of drug-likeness (QED) is 0.548. The summed E-state index contributed by atoms with van der Waals surface area (Å²) in [6.45, 7) is 3.39. The molecule has 0 fully saturated rings. The van der Waals surface area contributed by atoms with Gasteiger partial charge in [0.25, 0.3) is 0 Å². The number of esters is 1. The van der Waals surface area contributed by atoms with Crippen molar-refractivity contribution >= 4 is 33.8 Å². The molecule has 1 unspecified atom stereocenters. The molecule has 0 amide bonds. The Bertz CT molecular complexity index is 899. The van der Waals surface area contributed by atoms with Gasteiger partial charge >= 0.3 is 5.97 Å².